The average Bonchev–Trinajstić information content (AvgIpc) is 2.61. The second-order valence-corrected chi connectivity index (χ2v) is 3.22. The highest BCUT2D eigenvalue weighted by Crippen LogP contribution is 2.05. The van der Waals surface area contributed by atoms with Gasteiger partial charge in [-0.15, -0.1) is 0 Å². The summed E-state index contributed by atoms with van der Waals surface area (Å²) in [5.41, 5.74) is 0.918. The van der Waals surface area contributed by atoms with E-state index in [1.165, 1.54) is 0 Å². The van der Waals surface area contributed by atoms with E-state index < -0.39 is 0 Å². The van der Waals surface area contributed by atoms with Gasteiger partial charge in [0, 0.05) is 19.2 Å². The van der Waals surface area contributed by atoms with Crippen LogP contribution in [0.25, 0.3) is 0 Å². The van der Waals surface area contributed by atoms with Gasteiger partial charge in [-0.05, 0) is 13.5 Å². The first-order valence-corrected chi connectivity index (χ1v) is 5.03. The zero-order chi connectivity index (χ0) is 10.2. The minimum atomic E-state index is 0.525. The normalized spacial score (nSPS) is 10.7. The molecular weight excluding hydrogens is 180 g/mol. The van der Waals surface area contributed by atoms with Gasteiger partial charge in [0.25, 0.3) is 0 Å². The summed E-state index contributed by atoms with van der Waals surface area (Å²) in [6.07, 6.45) is 2.25. The topological polar surface area (TPSA) is 47.3 Å². The molecule has 0 saturated carbocycles. The van der Waals surface area contributed by atoms with E-state index in [4.69, 9.17) is 9.26 Å². The monoisotopic (exact) mass is 198 g/mol. The van der Waals surface area contributed by atoms with E-state index in [0.717, 1.165) is 37.4 Å². The summed E-state index contributed by atoms with van der Waals surface area (Å²) in [5.74, 6) is 0.798. The molecule has 0 spiro atoms. The fourth-order valence-electron chi connectivity index (χ4n) is 1.11. The van der Waals surface area contributed by atoms with Crippen molar-refractivity contribution < 1.29 is 9.26 Å². The van der Waals surface area contributed by atoms with Crippen molar-refractivity contribution in [3.8, 4) is 0 Å². The molecule has 0 aliphatic heterocycles. The number of ether oxygens (including phenoxy) is 1. The second-order valence-electron chi connectivity index (χ2n) is 3.22. The quantitative estimate of drug-likeness (QED) is 0.677. The second kappa shape index (κ2) is 6.56. The molecule has 1 aromatic rings. The first-order valence-electron chi connectivity index (χ1n) is 5.03. The van der Waals surface area contributed by atoms with Crippen molar-refractivity contribution in [3.63, 3.8) is 0 Å². The van der Waals surface area contributed by atoms with Crippen molar-refractivity contribution in [1.29, 1.82) is 0 Å². The highest BCUT2D eigenvalue weighted by molar-refractivity contribution is 5.03. The van der Waals surface area contributed by atoms with Gasteiger partial charge in [0.1, 0.15) is 6.61 Å². The summed E-state index contributed by atoms with van der Waals surface area (Å²) in [4.78, 5) is 0. The largest absolute Gasteiger partial charge is 0.373 e. The van der Waals surface area contributed by atoms with Crippen LogP contribution in [0.3, 0.4) is 0 Å². The van der Waals surface area contributed by atoms with Crippen molar-refractivity contribution in [2.45, 2.75) is 32.9 Å². The number of nitrogens with zero attached hydrogens (tertiary/aromatic N) is 1. The minimum absolute atomic E-state index is 0.525. The zero-order valence-corrected chi connectivity index (χ0v) is 8.88. The maximum Gasteiger partial charge on any atom is 0.162 e. The molecule has 0 fully saturated rings. The molecule has 0 aliphatic rings. The molecule has 0 atom stereocenters. The Kier molecular flexibility index (Phi) is 5.25. The molecule has 0 radical (unpaired) electrons. The average molecular weight is 198 g/mol. The molecule has 0 aromatic carbocycles. The van der Waals surface area contributed by atoms with Crippen LogP contribution < -0.4 is 5.32 Å². The Balaban J connectivity index is 2.22. The van der Waals surface area contributed by atoms with Gasteiger partial charge < -0.3 is 14.6 Å². The molecule has 80 valence electrons. The van der Waals surface area contributed by atoms with Crippen LogP contribution in [0.1, 0.15) is 31.2 Å². The lowest BCUT2D eigenvalue weighted by atomic mass is 10.3. The maximum absolute atomic E-state index is 5.40. The van der Waals surface area contributed by atoms with E-state index in [1.807, 2.05) is 13.1 Å². The highest BCUT2D eigenvalue weighted by Gasteiger charge is 2.02. The van der Waals surface area contributed by atoms with Crippen molar-refractivity contribution in [2.75, 3.05) is 13.7 Å². The first kappa shape index (κ1) is 11.2. The van der Waals surface area contributed by atoms with Gasteiger partial charge in [-0.2, -0.15) is 0 Å². The Morgan fingerprint density at radius 3 is 3.14 bits per heavy atom. The molecule has 14 heavy (non-hydrogen) atoms. The van der Waals surface area contributed by atoms with Crippen LogP contribution in [-0.4, -0.2) is 18.8 Å². The Labute approximate surface area is 84.6 Å². The first-order chi connectivity index (χ1) is 6.86. The summed E-state index contributed by atoms with van der Waals surface area (Å²) < 4.78 is 10.5. The highest BCUT2D eigenvalue weighted by atomic mass is 16.5. The van der Waals surface area contributed by atoms with E-state index in [9.17, 15) is 0 Å². The van der Waals surface area contributed by atoms with Gasteiger partial charge in [-0.25, -0.2) is 0 Å². The molecule has 4 nitrogen and oxygen atoms in total. The lowest BCUT2D eigenvalue weighted by molar-refractivity contribution is 0.0986. The van der Waals surface area contributed by atoms with Gasteiger partial charge >= 0.3 is 0 Å². The predicted molar refractivity (Wildman–Crippen MR) is 53.8 cm³/mol. The molecule has 4 heteroatoms. The van der Waals surface area contributed by atoms with E-state index in [2.05, 4.69) is 17.4 Å². The van der Waals surface area contributed by atoms with Crippen LogP contribution in [0.5, 0.6) is 0 Å². The number of unbranched alkanes of at least 4 members (excludes halogenated alkanes) is 1. The lowest BCUT2D eigenvalue weighted by Gasteiger charge is -1.98. The summed E-state index contributed by atoms with van der Waals surface area (Å²) in [6, 6.07) is 1.92. The summed E-state index contributed by atoms with van der Waals surface area (Å²) >= 11 is 0. The molecule has 1 heterocycles. The maximum atomic E-state index is 5.40. The fourth-order valence-corrected chi connectivity index (χ4v) is 1.11. The van der Waals surface area contributed by atoms with E-state index in [1.54, 1.807) is 0 Å². The number of hydrogen-bond acceptors (Lipinski definition) is 4. The lowest BCUT2D eigenvalue weighted by Crippen LogP contribution is -2.04. The van der Waals surface area contributed by atoms with Crippen LogP contribution in [-0.2, 0) is 17.9 Å². The van der Waals surface area contributed by atoms with Gasteiger partial charge in [0.2, 0.25) is 0 Å². The Bertz CT molecular complexity index is 248. The van der Waals surface area contributed by atoms with Gasteiger partial charge in [0.15, 0.2) is 5.76 Å². The predicted octanol–water partition coefficient (Wildman–Crippen LogP) is 1.71. The molecule has 1 N–H and O–H groups in total. The van der Waals surface area contributed by atoms with Crippen molar-refractivity contribution in [2.24, 2.45) is 0 Å². The zero-order valence-electron chi connectivity index (χ0n) is 8.88. The Hall–Kier alpha value is -0.870. The molecule has 0 unspecified atom stereocenters. The van der Waals surface area contributed by atoms with Crippen molar-refractivity contribution in [1.82, 2.24) is 10.5 Å². The third-order valence-electron chi connectivity index (χ3n) is 1.85. The summed E-state index contributed by atoms with van der Waals surface area (Å²) in [6.45, 7) is 4.19. The Morgan fingerprint density at radius 1 is 1.57 bits per heavy atom. The van der Waals surface area contributed by atoms with E-state index in [-0.39, 0.29) is 0 Å². The van der Waals surface area contributed by atoms with Gasteiger partial charge in [0.05, 0.1) is 5.69 Å². The number of rotatable bonds is 7. The van der Waals surface area contributed by atoms with Crippen LogP contribution in [0.2, 0.25) is 0 Å². The molecule has 1 aromatic heterocycles. The van der Waals surface area contributed by atoms with Gasteiger partial charge in [-0.3, -0.25) is 0 Å². The third-order valence-corrected chi connectivity index (χ3v) is 1.85. The van der Waals surface area contributed by atoms with Crippen molar-refractivity contribution >= 4 is 0 Å². The standard InChI is InChI=1S/C10H18N2O2/c1-3-4-5-13-8-10-6-9(7-11-2)12-14-10/h6,11H,3-5,7-8H2,1-2H3. The number of hydrogen-bond donors (Lipinski definition) is 1. The molecular formula is C10H18N2O2. The van der Waals surface area contributed by atoms with Crippen molar-refractivity contribution in [3.05, 3.63) is 17.5 Å². The van der Waals surface area contributed by atoms with E-state index in [0.29, 0.717) is 6.61 Å². The fraction of sp³-hybridized carbons (Fsp3) is 0.700. The smallest absolute Gasteiger partial charge is 0.162 e. The number of nitrogens with one attached hydrogen (secondary N) is 1. The molecule has 0 bridgehead atoms. The summed E-state index contributed by atoms with van der Waals surface area (Å²) in [5, 5.41) is 6.90. The van der Waals surface area contributed by atoms with Crippen LogP contribution in [0.15, 0.2) is 10.6 Å². The van der Waals surface area contributed by atoms with Crippen LogP contribution in [0.4, 0.5) is 0 Å². The molecule has 1 rings (SSSR count). The minimum Gasteiger partial charge on any atom is -0.373 e. The molecule has 0 aliphatic carbocycles. The Morgan fingerprint density at radius 2 is 2.43 bits per heavy atom. The third kappa shape index (κ3) is 3.89. The molecule has 0 amide bonds. The van der Waals surface area contributed by atoms with Gasteiger partial charge in [-0.1, -0.05) is 18.5 Å². The molecule has 0 saturated heterocycles. The van der Waals surface area contributed by atoms with E-state index >= 15 is 0 Å². The summed E-state index contributed by atoms with van der Waals surface area (Å²) in [7, 11) is 1.88. The van der Waals surface area contributed by atoms with Crippen LogP contribution >= 0.6 is 0 Å². The van der Waals surface area contributed by atoms with Crippen LogP contribution in [0, 0.1) is 0 Å². The SMILES string of the molecule is CCCCOCc1cc(CNC)no1. The number of aromatic nitrogens is 1.